The van der Waals surface area contributed by atoms with Gasteiger partial charge in [0.2, 0.25) is 5.91 Å². The van der Waals surface area contributed by atoms with Gasteiger partial charge in [-0.1, -0.05) is 56.3 Å². The Morgan fingerprint density at radius 1 is 0.957 bits per heavy atom. The third kappa shape index (κ3) is 4.69. The van der Waals surface area contributed by atoms with Crippen LogP contribution in [-0.2, 0) is 17.6 Å². The van der Waals surface area contributed by atoms with E-state index in [0.717, 1.165) is 18.4 Å². The molecule has 2 aromatic carbocycles. The summed E-state index contributed by atoms with van der Waals surface area (Å²) in [5.41, 5.74) is 6.10. The highest BCUT2D eigenvalue weighted by molar-refractivity contribution is 5.79. The van der Waals surface area contributed by atoms with Gasteiger partial charge in [-0.15, -0.1) is 0 Å². The summed E-state index contributed by atoms with van der Waals surface area (Å²) in [5, 5.41) is 3.17. The highest BCUT2D eigenvalue weighted by Gasteiger charge is 2.13. The minimum atomic E-state index is 0.0803. The zero-order chi connectivity index (χ0) is 16.8. The SMILES string of the molecule is CCc1ccc(CC(=O)NC(CC)c2ccc(C)c(C)c2)cc1. The van der Waals surface area contributed by atoms with Gasteiger partial charge >= 0.3 is 0 Å². The predicted molar refractivity (Wildman–Crippen MR) is 96.6 cm³/mol. The first-order chi connectivity index (χ1) is 11.0. The van der Waals surface area contributed by atoms with Crippen LogP contribution in [0.1, 0.15) is 54.1 Å². The van der Waals surface area contributed by atoms with Gasteiger partial charge in [-0.25, -0.2) is 0 Å². The fraction of sp³-hybridized carbons (Fsp3) is 0.381. The van der Waals surface area contributed by atoms with Crippen LogP contribution in [-0.4, -0.2) is 5.91 Å². The largest absolute Gasteiger partial charge is 0.349 e. The molecule has 0 saturated carbocycles. The summed E-state index contributed by atoms with van der Waals surface area (Å²) in [5.74, 6) is 0.0827. The monoisotopic (exact) mass is 309 g/mol. The van der Waals surface area contributed by atoms with Crippen molar-refractivity contribution < 1.29 is 4.79 Å². The Kier molecular flexibility index (Phi) is 5.97. The number of nitrogens with one attached hydrogen (secondary N) is 1. The molecule has 1 atom stereocenters. The molecule has 1 N–H and O–H groups in total. The Morgan fingerprint density at radius 3 is 2.17 bits per heavy atom. The zero-order valence-electron chi connectivity index (χ0n) is 14.6. The molecule has 23 heavy (non-hydrogen) atoms. The van der Waals surface area contributed by atoms with Crippen molar-refractivity contribution in [2.75, 3.05) is 0 Å². The molecule has 2 rings (SSSR count). The van der Waals surface area contributed by atoms with Gasteiger partial charge in [0.15, 0.2) is 0 Å². The van der Waals surface area contributed by atoms with Gasteiger partial charge in [-0.2, -0.15) is 0 Å². The molecule has 0 radical (unpaired) electrons. The fourth-order valence-corrected chi connectivity index (χ4v) is 2.73. The van der Waals surface area contributed by atoms with Crippen molar-refractivity contribution in [1.29, 1.82) is 0 Å². The van der Waals surface area contributed by atoms with Crippen LogP contribution in [0.3, 0.4) is 0 Å². The number of benzene rings is 2. The Hall–Kier alpha value is -2.09. The van der Waals surface area contributed by atoms with Gasteiger partial charge in [0.25, 0.3) is 0 Å². The van der Waals surface area contributed by atoms with Crippen LogP contribution in [0.5, 0.6) is 0 Å². The topological polar surface area (TPSA) is 29.1 Å². The van der Waals surface area contributed by atoms with Crippen LogP contribution in [0.4, 0.5) is 0 Å². The molecule has 0 fully saturated rings. The van der Waals surface area contributed by atoms with E-state index in [4.69, 9.17) is 0 Å². The zero-order valence-corrected chi connectivity index (χ0v) is 14.6. The summed E-state index contributed by atoms with van der Waals surface area (Å²) in [7, 11) is 0. The quantitative estimate of drug-likeness (QED) is 0.825. The van der Waals surface area contributed by atoms with E-state index in [0.29, 0.717) is 6.42 Å². The number of hydrogen-bond acceptors (Lipinski definition) is 1. The van der Waals surface area contributed by atoms with Crippen LogP contribution in [0, 0.1) is 13.8 Å². The van der Waals surface area contributed by atoms with E-state index < -0.39 is 0 Å². The summed E-state index contributed by atoms with van der Waals surface area (Å²) >= 11 is 0. The molecular weight excluding hydrogens is 282 g/mol. The summed E-state index contributed by atoms with van der Waals surface area (Å²) in [6.45, 7) is 8.47. The van der Waals surface area contributed by atoms with E-state index >= 15 is 0 Å². The van der Waals surface area contributed by atoms with Crippen LogP contribution in [0.2, 0.25) is 0 Å². The first-order valence-corrected chi connectivity index (χ1v) is 8.47. The number of hydrogen-bond donors (Lipinski definition) is 1. The lowest BCUT2D eigenvalue weighted by Crippen LogP contribution is -2.29. The molecule has 0 aliphatic rings. The molecular formula is C21H27NO. The maximum Gasteiger partial charge on any atom is 0.224 e. The lowest BCUT2D eigenvalue weighted by molar-refractivity contribution is -0.121. The highest BCUT2D eigenvalue weighted by Crippen LogP contribution is 2.20. The van der Waals surface area contributed by atoms with Gasteiger partial charge in [0.1, 0.15) is 0 Å². The third-order valence-corrected chi connectivity index (χ3v) is 4.47. The lowest BCUT2D eigenvalue weighted by Gasteiger charge is -2.19. The minimum absolute atomic E-state index is 0.0803. The van der Waals surface area contributed by atoms with E-state index in [2.05, 4.69) is 75.5 Å². The second-order valence-corrected chi connectivity index (χ2v) is 6.22. The third-order valence-electron chi connectivity index (χ3n) is 4.47. The smallest absolute Gasteiger partial charge is 0.224 e. The van der Waals surface area contributed by atoms with Gasteiger partial charge in [-0.05, 0) is 54.5 Å². The maximum atomic E-state index is 12.4. The Balaban J connectivity index is 2.02. The first-order valence-electron chi connectivity index (χ1n) is 8.47. The molecule has 0 aliphatic heterocycles. The van der Waals surface area contributed by atoms with E-state index in [1.165, 1.54) is 22.3 Å². The second kappa shape index (κ2) is 7.96. The molecule has 0 aliphatic carbocycles. The van der Waals surface area contributed by atoms with Crippen molar-refractivity contribution in [2.45, 2.75) is 53.0 Å². The minimum Gasteiger partial charge on any atom is -0.349 e. The molecule has 0 spiro atoms. The molecule has 0 saturated heterocycles. The van der Waals surface area contributed by atoms with Crippen LogP contribution in [0.15, 0.2) is 42.5 Å². The summed E-state index contributed by atoms with van der Waals surface area (Å²) < 4.78 is 0. The van der Waals surface area contributed by atoms with Crippen molar-refractivity contribution in [3.05, 3.63) is 70.3 Å². The number of amides is 1. The number of carbonyl (C=O) groups is 1. The summed E-state index contributed by atoms with van der Waals surface area (Å²) in [4.78, 5) is 12.4. The Labute approximate surface area is 139 Å². The Morgan fingerprint density at radius 2 is 1.61 bits per heavy atom. The molecule has 1 unspecified atom stereocenters. The van der Waals surface area contributed by atoms with Crippen molar-refractivity contribution >= 4 is 5.91 Å². The van der Waals surface area contributed by atoms with Crippen molar-refractivity contribution in [1.82, 2.24) is 5.32 Å². The first kappa shape index (κ1) is 17.3. The molecule has 2 heteroatoms. The average Bonchev–Trinajstić information content (AvgIpc) is 2.56. The van der Waals surface area contributed by atoms with Gasteiger partial charge in [-0.3, -0.25) is 4.79 Å². The average molecular weight is 309 g/mol. The van der Waals surface area contributed by atoms with E-state index in [-0.39, 0.29) is 11.9 Å². The highest BCUT2D eigenvalue weighted by atomic mass is 16.1. The number of rotatable bonds is 6. The van der Waals surface area contributed by atoms with E-state index in [1.807, 2.05) is 0 Å². The molecule has 2 nitrogen and oxygen atoms in total. The van der Waals surface area contributed by atoms with Gasteiger partial charge in [0.05, 0.1) is 12.5 Å². The predicted octanol–water partition coefficient (Wildman–Crippen LogP) is 4.68. The van der Waals surface area contributed by atoms with Crippen LogP contribution < -0.4 is 5.32 Å². The van der Waals surface area contributed by atoms with Gasteiger partial charge in [0, 0.05) is 0 Å². The van der Waals surface area contributed by atoms with E-state index in [1.54, 1.807) is 0 Å². The van der Waals surface area contributed by atoms with E-state index in [9.17, 15) is 4.79 Å². The van der Waals surface area contributed by atoms with Crippen LogP contribution >= 0.6 is 0 Å². The molecule has 0 heterocycles. The van der Waals surface area contributed by atoms with Crippen molar-refractivity contribution in [2.24, 2.45) is 0 Å². The van der Waals surface area contributed by atoms with Crippen molar-refractivity contribution in [3.8, 4) is 0 Å². The molecule has 2 aromatic rings. The van der Waals surface area contributed by atoms with Crippen molar-refractivity contribution in [3.63, 3.8) is 0 Å². The molecule has 122 valence electrons. The maximum absolute atomic E-state index is 12.4. The standard InChI is InChI=1S/C21H27NO/c1-5-17-8-10-18(11-9-17)14-21(23)22-20(6-2)19-12-7-15(3)16(4)13-19/h7-13,20H,5-6,14H2,1-4H3,(H,22,23). The lowest BCUT2D eigenvalue weighted by atomic mass is 9.99. The normalized spacial score (nSPS) is 12.0. The van der Waals surface area contributed by atoms with Gasteiger partial charge < -0.3 is 5.32 Å². The number of carbonyl (C=O) groups excluding carboxylic acids is 1. The van der Waals surface area contributed by atoms with Crippen LogP contribution in [0.25, 0.3) is 0 Å². The summed E-state index contributed by atoms with van der Waals surface area (Å²) in [6, 6.07) is 14.8. The second-order valence-electron chi connectivity index (χ2n) is 6.22. The molecule has 0 bridgehead atoms. The number of aryl methyl sites for hydroxylation is 3. The molecule has 0 aromatic heterocycles. The molecule has 1 amide bonds. The fourth-order valence-electron chi connectivity index (χ4n) is 2.73. The summed E-state index contributed by atoms with van der Waals surface area (Å²) in [6.07, 6.45) is 2.35. The Bertz CT molecular complexity index is 658.